The number of rotatable bonds is 12. The molecule has 0 bridgehead atoms. The third-order valence-corrected chi connectivity index (χ3v) is 8.83. The van der Waals surface area contributed by atoms with Gasteiger partial charge < -0.3 is 9.47 Å². The molecular weight excluding hydrogens is 618 g/mol. The van der Waals surface area contributed by atoms with Crippen molar-refractivity contribution >= 4 is 39.0 Å². The third-order valence-electron chi connectivity index (χ3n) is 7.25. The number of nitrogens with one attached hydrogen (secondary N) is 1. The molecule has 1 heterocycles. The average molecular weight is 652 g/mol. The van der Waals surface area contributed by atoms with Crippen LogP contribution in [0.3, 0.4) is 0 Å². The van der Waals surface area contributed by atoms with Gasteiger partial charge in [-0.15, -0.1) is 0 Å². The summed E-state index contributed by atoms with van der Waals surface area (Å²) in [5.41, 5.74) is 1.79. The minimum absolute atomic E-state index is 0.0151. The molecule has 0 atom stereocenters. The number of ketones is 1. The number of halogens is 1. The summed E-state index contributed by atoms with van der Waals surface area (Å²) < 4.78 is 40.0. The van der Waals surface area contributed by atoms with Crippen LogP contribution >= 0.6 is 11.6 Å². The number of amides is 1. The first-order chi connectivity index (χ1) is 21.3. The van der Waals surface area contributed by atoms with Gasteiger partial charge in [0.1, 0.15) is 17.2 Å². The summed E-state index contributed by atoms with van der Waals surface area (Å²) in [5.74, 6) is 0.180. The Balaban J connectivity index is 1.58. The van der Waals surface area contributed by atoms with Gasteiger partial charge in [-0.3, -0.25) is 19.1 Å². The maximum atomic E-state index is 13.5. The van der Waals surface area contributed by atoms with E-state index >= 15 is 0 Å². The Hall–Kier alpha value is -4.45. The number of hydroxylamine groups is 2. The molecule has 45 heavy (non-hydrogen) atoms. The van der Waals surface area contributed by atoms with E-state index in [0.29, 0.717) is 23.5 Å². The highest BCUT2D eigenvalue weighted by Crippen LogP contribution is 2.32. The molecule has 1 aromatic heterocycles. The molecule has 1 N–H and O–H groups in total. The van der Waals surface area contributed by atoms with E-state index in [2.05, 4.69) is 9.71 Å². The van der Waals surface area contributed by atoms with E-state index in [1.807, 2.05) is 19.9 Å². The van der Waals surface area contributed by atoms with Crippen molar-refractivity contribution in [2.24, 2.45) is 0 Å². The minimum atomic E-state index is -4.13. The molecule has 0 aliphatic rings. The van der Waals surface area contributed by atoms with E-state index < -0.39 is 21.2 Å². The Bertz CT molecular complexity index is 1830. The molecule has 4 rings (SSSR count). The fraction of sp³-hybridized carbons (Fsp3) is 0.242. The number of ether oxygens (including phenoxy) is 2. The lowest BCUT2D eigenvalue weighted by Crippen LogP contribution is -2.26. The van der Waals surface area contributed by atoms with E-state index in [4.69, 9.17) is 25.9 Å². The van der Waals surface area contributed by atoms with Crippen molar-refractivity contribution in [3.63, 3.8) is 0 Å². The standard InChI is InChI=1S/C33H34ClN3O7S/c1-33(2,19-21-14-23(17-27(15-21)43-5)32(39)37(3)44-6)24-10-12-28(13-11-24)45(40,41)36-29-18-25(34)20-35-30(29)31(38)22-8-7-9-26(16-22)42-4/h7-18,20,36H,19H2,1-6H3. The fourth-order valence-electron chi connectivity index (χ4n) is 4.77. The summed E-state index contributed by atoms with van der Waals surface area (Å²) in [4.78, 5) is 35.2. The SMILES string of the molecule is COc1cccc(C(=O)c2ncc(Cl)cc2NS(=O)(=O)c2ccc(C(C)(C)Cc3cc(OC)cc(C(=O)N(C)OC)c3)cc2)c1. The lowest BCUT2D eigenvalue weighted by atomic mass is 9.79. The molecule has 4 aromatic rings. The number of hydrogen-bond acceptors (Lipinski definition) is 8. The Kier molecular flexibility index (Phi) is 10.2. The van der Waals surface area contributed by atoms with Gasteiger partial charge in [-0.1, -0.05) is 49.7 Å². The second-order valence-corrected chi connectivity index (χ2v) is 13.0. The number of carbonyl (C=O) groups excluding carboxylic acids is 2. The highest BCUT2D eigenvalue weighted by Gasteiger charge is 2.26. The van der Waals surface area contributed by atoms with E-state index in [9.17, 15) is 18.0 Å². The molecule has 12 heteroatoms. The molecule has 0 saturated heterocycles. The topological polar surface area (TPSA) is 124 Å². The summed E-state index contributed by atoms with van der Waals surface area (Å²) >= 11 is 6.13. The van der Waals surface area contributed by atoms with Crippen LogP contribution in [0.15, 0.2) is 83.9 Å². The number of anilines is 1. The second-order valence-electron chi connectivity index (χ2n) is 10.9. The van der Waals surface area contributed by atoms with Crippen LogP contribution in [-0.2, 0) is 26.7 Å². The number of hydrogen-bond donors (Lipinski definition) is 1. The minimum Gasteiger partial charge on any atom is -0.497 e. The molecule has 236 valence electrons. The lowest BCUT2D eigenvalue weighted by Gasteiger charge is -2.26. The van der Waals surface area contributed by atoms with Gasteiger partial charge in [-0.05, 0) is 71.5 Å². The monoisotopic (exact) mass is 651 g/mol. The molecule has 1 amide bonds. The normalized spacial score (nSPS) is 11.5. The molecule has 0 saturated carbocycles. The number of pyridine rings is 1. The molecule has 0 unspecified atom stereocenters. The molecule has 3 aromatic carbocycles. The summed E-state index contributed by atoms with van der Waals surface area (Å²) in [5, 5.41) is 1.29. The van der Waals surface area contributed by atoms with Crippen molar-refractivity contribution in [3.8, 4) is 11.5 Å². The van der Waals surface area contributed by atoms with Gasteiger partial charge in [0, 0.05) is 24.4 Å². The van der Waals surface area contributed by atoms with Crippen molar-refractivity contribution in [1.82, 2.24) is 10.0 Å². The van der Waals surface area contributed by atoms with Crippen LogP contribution in [0.25, 0.3) is 0 Å². The van der Waals surface area contributed by atoms with Crippen molar-refractivity contribution in [2.45, 2.75) is 30.6 Å². The number of nitrogens with zero attached hydrogens (tertiary/aromatic N) is 2. The van der Waals surface area contributed by atoms with Crippen LogP contribution in [0.1, 0.15) is 51.4 Å². The molecular formula is C33H34ClN3O7S. The first kappa shape index (κ1) is 33.4. The zero-order valence-corrected chi connectivity index (χ0v) is 27.3. The Morgan fingerprint density at radius 1 is 0.911 bits per heavy atom. The lowest BCUT2D eigenvalue weighted by molar-refractivity contribution is -0.0757. The van der Waals surface area contributed by atoms with Crippen molar-refractivity contribution in [3.05, 3.63) is 112 Å². The number of sulfonamides is 1. The van der Waals surface area contributed by atoms with Gasteiger partial charge in [0.25, 0.3) is 15.9 Å². The highest BCUT2D eigenvalue weighted by molar-refractivity contribution is 7.92. The van der Waals surface area contributed by atoms with Crippen molar-refractivity contribution in [1.29, 1.82) is 0 Å². The molecule has 0 radical (unpaired) electrons. The van der Waals surface area contributed by atoms with E-state index in [-0.39, 0.29) is 32.8 Å². The quantitative estimate of drug-likeness (QED) is 0.148. The summed E-state index contributed by atoms with van der Waals surface area (Å²) in [6, 6.07) is 19.6. The predicted octanol–water partition coefficient (Wildman–Crippen LogP) is 5.94. The molecule has 0 spiro atoms. The zero-order chi connectivity index (χ0) is 32.9. The van der Waals surface area contributed by atoms with Gasteiger partial charge >= 0.3 is 0 Å². The fourth-order valence-corrected chi connectivity index (χ4v) is 5.98. The number of benzene rings is 3. The zero-order valence-electron chi connectivity index (χ0n) is 25.8. The van der Waals surface area contributed by atoms with Crippen LogP contribution in [0.5, 0.6) is 11.5 Å². The summed E-state index contributed by atoms with van der Waals surface area (Å²) in [6.45, 7) is 4.04. The summed E-state index contributed by atoms with van der Waals surface area (Å²) in [7, 11) is 1.82. The average Bonchev–Trinajstić information content (AvgIpc) is 3.03. The Labute approximate surface area is 267 Å². The number of aromatic nitrogens is 1. The van der Waals surface area contributed by atoms with Gasteiger partial charge in [0.2, 0.25) is 5.78 Å². The van der Waals surface area contributed by atoms with Crippen LogP contribution in [0.4, 0.5) is 5.69 Å². The van der Waals surface area contributed by atoms with Gasteiger partial charge in [-0.25, -0.2) is 18.5 Å². The summed E-state index contributed by atoms with van der Waals surface area (Å²) in [6.07, 6.45) is 1.80. The van der Waals surface area contributed by atoms with Gasteiger partial charge in [0.05, 0.1) is 36.9 Å². The Morgan fingerprint density at radius 3 is 2.22 bits per heavy atom. The van der Waals surface area contributed by atoms with Crippen molar-refractivity contribution < 1.29 is 32.3 Å². The second kappa shape index (κ2) is 13.7. The van der Waals surface area contributed by atoms with Gasteiger partial charge in [0.15, 0.2) is 0 Å². The van der Waals surface area contributed by atoms with E-state index in [1.165, 1.54) is 52.8 Å². The first-order valence-corrected chi connectivity index (χ1v) is 15.6. The maximum absolute atomic E-state index is 13.5. The molecule has 10 nitrogen and oxygen atoms in total. The number of methoxy groups -OCH3 is 2. The predicted molar refractivity (Wildman–Crippen MR) is 172 cm³/mol. The first-order valence-electron chi connectivity index (χ1n) is 13.8. The number of carbonyl (C=O) groups is 2. The van der Waals surface area contributed by atoms with Crippen LogP contribution < -0.4 is 14.2 Å². The largest absolute Gasteiger partial charge is 0.497 e. The van der Waals surface area contributed by atoms with Crippen LogP contribution in [0.2, 0.25) is 5.02 Å². The third kappa shape index (κ3) is 7.80. The maximum Gasteiger partial charge on any atom is 0.277 e. The van der Waals surface area contributed by atoms with Gasteiger partial charge in [-0.2, -0.15) is 0 Å². The van der Waals surface area contributed by atoms with E-state index in [1.54, 1.807) is 48.5 Å². The van der Waals surface area contributed by atoms with Crippen molar-refractivity contribution in [2.75, 3.05) is 33.1 Å². The smallest absolute Gasteiger partial charge is 0.277 e. The molecule has 0 fully saturated rings. The van der Waals surface area contributed by atoms with E-state index in [0.717, 1.165) is 16.2 Å². The molecule has 0 aliphatic heterocycles. The van der Waals surface area contributed by atoms with Crippen LogP contribution in [0, 0.1) is 0 Å². The van der Waals surface area contributed by atoms with Crippen LogP contribution in [-0.4, -0.2) is 58.5 Å². The molecule has 0 aliphatic carbocycles. The highest BCUT2D eigenvalue weighted by atomic mass is 35.5. The Morgan fingerprint density at radius 2 is 1.58 bits per heavy atom.